The zero-order chi connectivity index (χ0) is 23.0. The average molecular weight is 463 g/mol. The Morgan fingerprint density at radius 3 is 2.27 bits per heavy atom. The summed E-state index contributed by atoms with van der Waals surface area (Å²) in [7, 11) is -3.57. The van der Waals surface area contributed by atoms with E-state index >= 15 is 0 Å². The first-order valence-electron chi connectivity index (χ1n) is 11.8. The second-order valence-electron chi connectivity index (χ2n) is 9.29. The third-order valence-electron chi connectivity index (χ3n) is 7.16. The van der Waals surface area contributed by atoms with Gasteiger partial charge in [-0.3, -0.25) is 4.79 Å². The smallest absolute Gasteiger partial charge is 0.243 e. The van der Waals surface area contributed by atoms with Crippen molar-refractivity contribution in [3.63, 3.8) is 0 Å². The summed E-state index contributed by atoms with van der Waals surface area (Å²) in [6, 6.07) is 21.7. The molecule has 0 spiro atoms. The number of hydrogen-bond acceptors (Lipinski definition) is 3. The van der Waals surface area contributed by atoms with Crippen LogP contribution in [0.15, 0.2) is 71.6 Å². The molecule has 0 aliphatic carbocycles. The quantitative estimate of drug-likeness (QED) is 0.553. The zero-order valence-corrected chi connectivity index (χ0v) is 19.8. The second-order valence-corrected chi connectivity index (χ2v) is 11.2. The molecule has 33 heavy (non-hydrogen) atoms. The summed E-state index contributed by atoms with van der Waals surface area (Å²) < 4.78 is 28.1. The minimum atomic E-state index is -3.57. The summed E-state index contributed by atoms with van der Waals surface area (Å²) in [5.74, 6) is 0.0694. The number of benzene rings is 3. The number of fused-ring (bicyclic) bond motifs is 1. The predicted molar refractivity (Wildman–Crippen MR) is 130 cm³/mol. The van der Waals surface area contributed by atoms with Crippen LogP contribution in [0.4, 0.5) is 0 Å². The molecule has 0 aromatic heterocycles. The van der Waals surface area contributed by atoms with Crippen LogP contribution in [0.3, 0.4) is 0 Å². The van der Waals surface area contributed by atoms with Crippen molar-refractivity contribution in [2.24, 2.45) is 5.92 Å². The van der Waals surface area contributed by atoms with Gasteiger partial charge in [0.25, 0.3) is 0 Å². The molecule has 3 aromatic carbocycles. The van der Waals surface area contributed by atoms with Gasteiger partial charge in [0.1, 0.15) is 0 Å². The summed E-state index contributed by atoms with van der Waals surface area (Å²) in [6.45, 7) is 3.62. The lowest BCUT2D eigenvalue weighted by molar-refractivity contribution is -0.137. The Hall–Kier alpha value is -2.70. The van der Waals surface area contributed by atoms with E-state index in [1.165, 1.54) is 11.1 Å². The molecule has 0 saturated carbocycles. The Morgan fingerprint density at radius 1 is 0.848 bits per heavy atom. The molecule has 2 fully saturated rings. The van der Waals surface area contributed by atoms with Gasteiger partial charge < -0.3 is 4.90 Å². The number of hydrogen-bond donors (Lipinski definition) is 0. The van der Waals surface area contributed by atoms with E-state index in [1.807, 2.05) is 35.2 Å². The largest absolute Gasteiger partial charge is 0.335 e. The van der Waals surface area contributed by atoms with Crippen molar-refractivity contribution in [2.75, 3.05) is 19.6 Å². The van der Waals surface area contributed by atoms with Crippen LogP contribution in [0.5, 0.6) is 0 Å². The fraction of sp³-hybridized carbons (Fsp3) is 0.370. The summed E-state index contributed by atoms with van der Waals surface area (Å²) in [6.07, 6.45) is 3.15. The molecule has 1 atom stereocenters. The first kappa shape index (κ1) is 22.1. The fourth-order valence-electron chi connectivity index (χ4n) is 5.22. The maximum absolute atomic E-state index is 13.4. The van der Waals surface area contributed by atoms with E-state index in [-0.39, 0.29) is 17.9 Å². The molecule has 1 amide bonds. The van der Waals surface area contributed by atoms with Gasteiger partial charge in [0.2, 0.25) is 15.9 Å². The van der Waals surface area contributed by atoms with Crippen LogP contribution in [0.2, 0.25) is 0 Å². The molecule has 0 bridgehead atoms. The van der Waals surface area contributed by atoms with Crippen molar-refractivity contribution in [3.8, 4) is 0 Å². The number of nitrogens with zero attached hydrogens (tertiary/aromatic N) is 2. The molecule has 172 valence electrons. The predicted octanol–water partition coefficient (Wildman–Crippen LogP) is 4.91. The van der Waals surface area contributed by atoms with Gasteiger partial charge in [-0.2, -0.15) is 4.31 Å². The molecule has 2 aliphatic rings. The summed E-state index contributed by atoms with van der Waals surface area (Å²) in [5.41, 5.74) is 2.41. The lowest BCUT2D eigenvalue weighted by Crippen LogP contribution is -2.44. The third kappa shape index (κ3) is 4.30. The van der Waals surface area contributed by atoms with Crippen molar-refractivity contribution < 1.29 is 13.2 Å². The van der Waals surface area contributed by atoms with Crippen molar-refractivity contribution in [2.45, 2.75) is 43.5 Å². The van der Waals surface area contributed by atoms with Gasteiger partial charge in [-0.25, -0.2) is 8.42 Å². The molecule has 5 nitrogen and oxygen atoms in total. The highest BCUT2D eigenvalue weighted by atomic mass is 32.2. The summed E-state index contributed by atoms with van der Waals surface area (Å²) >= 11 is 0. The number of rotatable bonds is 4. The Balaban J connectivity index is 1.27. The first-order valence-corrected chi connectivity index (χ1v) is 13.2. The number of aryl methyl sites for hydroxylation is 1. The monoisotopic (exact) mass is 462 g/mol. The highest BCUT2D eigenvalue weighted by molar-refractivity contribution is 7.89. The summed E-state index contributed by atoms with van der Waals surface area (Å²) in [4.78, 5) is 15.7. The van der Waals surface area contributed by atoms with E-state index in [4.69, 9.17) is 0 Å². The van der Waals surface area contributed by atoms with E-state index in [2.05, 4.69) is 31.2 Å². The Kier molecular flexibility index (Phi) is 5.97. The van der Waals surface area contributed by atoms with Crippen LogP contribution in [-0.2, 0) is 14.8 Å². The van der Waals surface area contributed by atoms with Gasteiger partial charge in [-0.05, 0) is 61.1 Å². The second kappa shape index (κ2) is 8.92. The minimum Gasteiger partial charge on any atom is -0.335 e. The maximum Gasteiger partial charge on any atom is 0.243 e. The molecule has 2 heterocycles. The number of carbonyl (C=O) groups excluding carboxylic acids is 1. The molecule has 0 N–H and O–H groups in total. The lowest BCUT2D eigenvalue weighted by Gasteiger charge is -2.34. The van der Waals surface area contributed by atoms with Gasteiger partial charge in [0.05, 0.1) is 10.9 Å². The molecule has 2 aliphatic heterocycles. The minimum absolute atomic E-state index is 0.112. The van der Waals surface area contributed by atoms with Crippen LogP contribution in [0, 0.1) is 12.8 Å². The van der Waals surface area contributed by atoms with Crippen molar-refractivity contribution in [1.82, 2.24) is 9.21 Å². The average Bonchev–Trinajstić information content (AvgIpc) is 3.34. The van der Waals surface area contributed by atoms with E-state index < -0.39 is 10.0 Å². The number of piperidine rings is 1. The number of carbonyl (C=O) groups is 1. The van der Waals surface area contributed by atoms with Crippen LogP contribution in [0.1, 0.15) is 42.9 Å². The summed E-state index contributed by atoms with van der Waals surface area (Å²) in [5, 5.41) is 1.94. The van der Waals surface area contributed by atoms with Crippen molar-refractivity contribution in [1.29, 1.82) is 0 Å². The fourth-order valence-corrected chi connectivity index (χ4v) is 6.73. The highest BCUT2D eigenvalue weighted by Gasteiger charge is 2.37. The molecule has 5 rings (SSSR count). The van der Waals surface area contributed by atoms with Gasteiger partial charge in [0.15, 0.2) is 0 Å². The SMILES string of the molecule is Cc1ccc(C2CCCN2C(=O)C2CCN(S(=O)(=O)c3ccc4ccccc4c3)CC2)cc1. The highest BCUT2D eigenvalue weighted by Crippen LogP contribution is 2.35. The van der Waals surface area contributed by atoms with Crippen LogP contribution in [0.25, 0.3) is 10.8 Å². The number of amides is 1. The lowest BCUT2D eigenvalue weighted by atomic mass is 9.95. The van der Waals surface area contributed by atoms with Crippen molar-refractivity contribution >= 4 is 26.7 Å². The van der Waals surface area contributed by atoms with Gasteiger partial charge in [0, 0.05) is 25.6 Å². The van der Waals surface area contributed by atoms with E-state index in [0.29, 0.717) is 30.8 Å². The molecular weight excluding hydrogens is 432 g/mol. The Morgan fingerprint density at radius 2 is 1.55 bits per heavy atom. The molecule has 2 saturated heterocycles. The van der Waals surface area contributed by atoms with E-state index in [0.717, 1.165) is 30.2 Å². The van der Waals surface area contributed by atoms with Crippen LogP contribution >= 0.6 is 0 Å². The maximum atomic E-state index is 13.4. The third-order valence-corrected chi connectivity index (χ3v) is 9.05. The van der Waals surface area contributed by atoms with E-state index in [9.17, 15) is 13.2 Å². The standard InChI is InChI=1S/C27H30N2O3S/c1-20-8-10-22(11-9-20)26-7-4-16-29(26)27(30)23-14-17-28(18-15-23)33(31,32)25-13-12-21-5-2-3-6-24(21)19-25/h2-3,5-6,8-13,19,23,26H,4,7,14-18H2,1H3. The first-order chi connectivity index (χ1) is 15.9. The Bertz CT molecular complexity index is 1260. The van der Waals surface area contributed by atoms with E-state index in [1.54, 1.807) is 16.4 Å². The van der Waals surface area contributed by atoms with Gasteiger partial charge in [-0.1, -0.05) is 60.2 Å². The van der Waals surface area contributed by atoms with Gasteiger partial charge in [-0.15, -0.1) is 0 Å². The van der Waals surface area contributed by atoms with Gasteiger partial charge >= 0.3 is 0 Å². The number of likely N-dealkylation sites (tertiary alicyclic amines) is 1. The molecular formula is C27H30N2O3S. The van der Waals surface area contributed by atoms with Crippen molar-refractivity contribution in [3.05, 3.63) is 77.9 Å². The number of sulfonamides is 1. The zero-order valence-electron chi connectivity index (χ0n) is 19.0. The normalized spacial score (nSPS) is 20.4. The molecule has 1 unspecified atom stereocenters. The molecule has 6 heteroatoms. The Labute approximate surface area is 196 Å². The van der Waals surface area contributed by atoms with Crippen LogP contribution < -0.4 is 0 Å². The molecule has 0 radical (unpaired) electrons. The van der Waals surface area contributed by atoms with Crippen LogP contribution in [-0.4, -0.2) is 43.2 Å². The molecule has 3 aromatic rings. The topological polar surface area (TPSA) is 57.7 Å².